The van der Waals surface area contributed by atoms with E-state index in [4.69, 9.17) is 0 Å². The van der Waals surface area contributed by atoms with Gasteiger partial charge in [0.15, 0.2) is 0 Å². The third-order valence-corrected chi connectivity index (χ3v) is 4.97. The molecule has 2 rings (SSSR count). The van der Waals surface area contributed by atoms with Crippen molar-refractivity contribution >= 4 is 0 Å². The van der Waals surface area contributed by atoms with E-state index in [1.54, 1.807) is 0 Å². The molecule has 1 nitrogen and oxygen atoms in total. The highest BCUT2D eigenvalue weighted by Crippen LogP contribution is 2.32. The minimum Gasteiger partial charge on any atom is -0.300 e. The van der Waals surface area contributed by atoms with Crippen LogP contribution in [0.5, 0.6) is 0 Å². The highest BCUT2D eigenvalue weighted by Gasteiger charge is 2.29. The van der Waals surface area contributed by atoms with Crippen molar-refractivity contribution < 1.29 is 0 Å². The first kappa shape index (κ1) is 12.4. The van der Waals surface area contributed by atoms with Crippen LogP contribution in [0.3, 0.4) is 0 Å². The molecular formula is C15H29N. The van der Waals surface area contributed by atoms with E-state index in [1.165, 1.54) is 51.4 Å². The molecule has 0 spiro atoms. The van der Waals surface area contributed by atoms with Crippen LogP contribution >= 0.6 is 0 Å². The zero-order chi connectivity index (χ0) is 11.5. The first-order valence-electron chi connectivity index (χ1n) is 7.38. The van der Waals surface area contributed by atoms with Crippen molar-refractivity contribution in [2.45, 2.75) is 77.3 Å². The van der Waals surface area contributed by atoms with Crippen molar-refractivity contribution in [2.75, 3.05) is 7.05 Å². The van der Waals surface area contributed by atoms with Crippen LogP contribution in [0.4, 0.5) is 0 Å². The van der Waals surface area contributed by atoms with Gasteiger partial charge in [0.05, 0.1) is 0 Å². The van der Waals surface area contributed by atoms with E-state index in [0.717, 1.165) is 23.9 Å². The molecule has 0 N–H and O–H groups in total. The summed E-state index contributed by atoms with van der Waals surface area (Å²) in [7, 11) is 2.39. The number of hydrogen-bond donors (Lipinski definition) is 0. The molecule has 16 heavy (non-hydrogen) atoms. The van der Waals surface area contributed by atoms with Gasteiger partial charge < -0.3 is 4.90 Å². The van der Waals surface area contributed by atoms with E-state index in [2.05, 4.69) is 25.8 Å². The van der Waals surface area contributed by atoms with Crippen molar-refractivity contribution in [3.8, 4) is 0 Å². The number of hydrogen-bond acceptors (Lipinski definition) is 1. The molecule has 0 amide bonds. The van der Waals surface area contributed by atoms with Crippen LogP contribution in [-0.2, 0) is 0 Å². The average molecular weight is 223 g/mol. The highest BCUT2D eigenvalue weighted by atomic mass is 15.2. The third-order valence-electron chi connectivity index (χ3n) is 4.97. The fraction of sp³-hybridized carbons (Fsp3) is 1.00. The molecule has 2 aliphatic rings. The van der Waals surface area contributed by atoms with Crippen molar-refractivity contribution in [1.29, 1.82) is 0 Å². The van der Waals surface area contributed by atoms with Gasteiger partial charge in [-0.25, -0.2) is 0 Å². The summed E-state index contributed by atoms with van der Waals surface area (Å²) in [4.78, 5) is 2.74. The number of nitrogens with zero attached hydrogens (tertiary/aromatic N) is 1. The maximum Gasteiger partial charge on any atom is 0.00976 e. The van der Waals surface area contributed by atoms with Gasteiger partial charge in [0.1, 0.15) is 0 Å². The summed E-state index contributed by atoms with van der Waals surface area (Å²) < 4.78 is 0. The lowest BCUT2D eigenvalue weighted by Crippen LogP contribution is -2.44. The van der Waals surface area contributed by atoms with Crippen LogP contribution in [0.1, 0.15) is 65.2 Å². The normalized spacial score (nSPS) is 41.2. The summed E-state index contributed by atoms with van der Waals surface area (Å²) >= 11 is 0. The van der Waals surface area contributed by atoms with E-state index in [1.807, 2.05) is 0 Å². The smallest absolute Gasteiger partial charge is 0.00976 e. The van der Waals surface area contributed by atoms with Crippen molar-refractivity contribution in [3.05, 3.63) is 0 Å². The maximum absolute atomic E-state index is 2.74. The van der Waals surface area contributed by atoms with Gasteiger partial charge in [-0.05, 0) is 44.6 Å². The summed E-state index contributed by atoms with van der Waals surface area (Å²) in [5.41, 5.74) is 0. The lowest BCUT2D eigenvalue weighted by Gasteiger charge is -2.41. The molecule has 0 heterocycles. The standard InChI is InChI=1S/C15H29N/c1-12-6-4-8-14(10-12)16(3)15-9-5-7-13(2)11-15/h12-15H,4-11H2,1-3H3. The predicted molar refractivity (Wildman–Crippen MR) is 70.6 cm³/mol. The van der Waals surface area contributed by atoms with E-state index in [0.29, 0.717) is 0 Å². The Morgan fingerprint density at radius 2 is 1.19 bits per heavy atom. The molecule has 0 aromatic rings. The van der Waals surface area contributed by atoms with Gasteiger partial charge in [-0.2, -0.15) is 0 Å². The molecule has 4 unspecified atom stereocenters. The Labute approximate surface area is 102 Å². The molecule has 0 bridgehead atoms. The van der Waals surface area contributed by atoms with E-state index in [-0.39, 0.29) is 0 Å². The molecule has 4 atom stereocenters. The van der Waals surface area contributed by atoms with Crippen LogP contribution in [-0.4, -0.2) is 24.0 Å². The SMILES string of the molecule is CC1CCCC(N(C)C2CCCC(C)C2)C1. The highest BCUT2D eigenvalue weighted by molar-refractivity contribution is 4.84. The molecule has 2 aliphatic carbocycles. The number of rotatable bonds is 2. The molecule has 2 saturated carbocycles. The predicted octanol–water partition coefficient (Wildman–Crippen LogP) is 4.08. The minimum absolute atomic E-state index is 0.888. The fourth-order valence-electron chi connectivity index (χ4n) is 3.84. The summed E-state index contributed by atoms with van der Waals surface area (Å²) in [6.45, 7) is 4.87. The maximum atomic E-state index is 2.74. The molecule has 0 saturated heterocycles. The summed E-state index contributed by atoms with van der Waals surface area (Å²) in [6, 6.07) is 1.78. The lowest BCUT2D eigenvalue weighted by molar-refractivity contribution is 0.0834. The van der Waals surface area contributed by atoms with Gasteiger partial charge in [0.25, 0.3) is 0 Å². The Hall–Kier alpha value is -0.0400. The summed E-state index contributed by atoms with van der Waals surface area (Å²) in [5.74, 6) is 1.92. The topological polar surface area (TPSA) is 3.24 Å². The monoisotopic (exact) mass is 223 g/mol. The van der Waals surface area contributed by atoms with Gasteiger partial charge >= 0.3 is 0 Å². The van der Waals surface area contributed by atoms with Crippen molar-refractivity contribution in [3.63, 3.8) is 0 Å². The van der Waals surface area contributed by atoms with E-state index in [9.17, 15) is 0 Å². The first-order chi connectivity index (χ1) is 7.66. The Bertz CT molecular complexity index is 191. The van der Waals surface area contributed by atoms with Gasteiger partial charge in [0.2, 0.25) is 0 Å². The zero-order valence-corrected chi connectivity index (χ0v) is 11.4. The Balaban J connectivity index is 1.87. The summed E-state index contributed by atoms with van der Waals surface area (Å²) in [6.07, 6.45) is 11.6. The van der Waals surface area contributed by atoms with Crippen LogP contribution in [0, 0.1) is 11.8 Å². The van der Waals surface area contributed by atoms with Crippen LogP contribution in [0.15, 0.2) is 0 Å². The van der Waals surface area contributed by atoms with Crippen LogP contribution < -0.4 is 0 Å². The van der Waals surface area contributed by atoms with Gasteiger partial charge in [-0.3, -0.25) is 0 Å². The minimum atomic E-state index is 0.888. The van der Waals surface area contributed by atoms with Crippen molar-refractivity contribution in [1.82, 2.24) is 4.90 Å². The molecule has 1 heteroatoms. The van der Waals surface area contributed by atoms with Crippen LogP contribution in [0.2, 0.25) is 0 Å². The van der Waals surface area contributed by atoms with Crippen molar-refractivity contribution in [2.24, 2.45) is 11.8 Å². The second-order valence-corrected chi connectivity index (χ2v) is 6.52. The molecule has 0 aromatic carbocycles. The van der Waals surface area contributed by atoms with Gasteiger partial charge in [-0.15, -0.1) is 0 Å². The summed E-state index contributed by atoms with van der Waals surface area (Å²) in [5, 5.41) is 0. The quantitative estimate of drug-likeness (QED) is 0.682. The molecular weight excluding hydrogens is 194 g/mol. The third kappa shape index (κ3) is 3.00. The Morgan fingerprint density at radius 1 is 0.750 bits per heavy atom. The second kappa shape index (κ2) is 5.53. The van der Waals surface area contributed by atoms with E-state index < -0.39 is 0 Å². The van der Waals surface area contributed by atoms with Gasteiger partial charge in [-0.1, -0.05) is 39.5 Å². The average Bonchev–Trinajstić information content (AvgIpc) is 2.28. The van der Waals surface area contributed by atoms with E-state index >= 15 is 0 Å². The largest absolute Gasteiger partial charge is 0.300 e. The lowest BCUT2D eigenvalue weighted by atomic mass is 9.82. The molecule has 2 fully saturated rings. The Morgan fingerprint density at radius 3 is 1.56 bits per heavy atom. The molecule has 0 aromatic heterocycles. The Kier molecular flexibility index (Phi) is 4.29. The molecule has 0 radical (unpaired) electrons. The van der Waals surface area contributed by atoms with Gasteiger partial charge in [0, 0.05) is 12.1 Å². The fourth-order valence-corrected chi connectivity index (χ4v) is 3.84. The second-order valence-electron chi connectivity index (χ2n) is 6.52. The zero-order valence-electron chi connectivity index (χ0n) is 11.4. The first-order valence-corrected chi connectivity index (χ1v) is 7.38. The van der Waals surface area contributed by atoms with Crippen LogP contribution in [0.25, 0.3) is 0 Å². The molecule has 0 aliphatic heterocycles. The molecule has 94 valence electrons.